The van der Waals surface area contributed by atoms with E-state index >= 15 is 0 Å². The molecule has 1 atom stereocenters. The van der Waals surface area contributed by atoms with Crippen LogP contribution in [0.5, 0.6) is 0 Å². The summed E-state index contributed by atoms with van der Waals surface area (Å²) in [4.78, 5) is 0. The molecule has 0 aromatic carbocycles. The summed E-state index contributed by atoms with van der Waals surface area (Å²) >= 11 is 3.66. The van der Waals surface area contributed by atoms with E-state index in [0.717, 1.165) is 11.2 Å². The van der Waals surface area contributed by atoms with Crippen LogP contribution >= 0.6 is 15.9 Å². The lowest BCUT2D eigenvalue weighted by Gasteiger charge is -2.32. The van der Waals surface area contributed by atoms with Crippen LogP contribution in [-0.4, -0.2) is 5.33 Å². The van der Waals surface area contributed by atoms with Gasteiger partial charge >= 0.3 is 0 Å². The van der Waals surface area contributed by atoms with Crippen molar-refractivity contribution in [1.29, 1.82) is 0 Å². The normalized spacial score (nSPS) is 15.9. The van der Waals surface area contributed by atoms with Crippen molar-refractivity contribution in [2.45, 2.75) is 66.2 Å². The van der Waals surface area contributed by atoms with E-state index in [0.29, 0.717) is 5.41 Å². The van der Waals surface area contributed by atoms with Crippen molar-refractivity contribution >= 4 is 15.9 Å². The van der Waals surface area contributed by atoms with E-state index in [1.165, 1.54) is 38.5 Å². The molecule has 0 spiro atoms. The second-order valence-corrected chi connectivity index (χ2v) is 5.67. The zero-order chi connectivity index (χ0) is 11.0. The molecule has 0 aromatic rings. The molecule has 0 bridgehead atoms. The summed E-state index contributed by atoms with van der Waals surface area (Å²) in [6, 6.07) is 0. The van der Waals surface area contributed by atoms with Crippen molar-refractivity contribution in [3.63, 3.8) is 0 Å². The third-order valence-electron chi connectivity index (χ3n) is 3.55. The number of rotatable bonds is 8. The minimum atomic E-state index is 0.506. The molecule has 0 saturated carbocycles. The molecule has 0 N–H and O–H groups in total. The summed E-state index contributed by atoms with van der Waals surface area (Å²) in [6.07, 6.45) is 8.38. The highest BCUT2D eigenvalue weighted by Gasteiger charge is 2.25. The van der Waals surface area contributed by atoms with Crippen LogP contribution in [0.1, 0.15) is 66.2 Å². The first kappa shape index (κ1) is 14.5. The highest BCUT2D eigenvalue weighted by Crippen LogP contribution is 2.34. The maximum absolute atomic E-state index is 3.66. The molecule has 0 saturated heterocycles. The number of alkyl halides is 1. The Morgan fingerprint density at radius 1 is 1.07 bits per heavy atom. The average molecular weight is 263 g/mol. The Morgan fingerprint density at radius 3 is 2.07 bits per heavy atom. The first-order chi connectivity index (χ1) is 6.56. The van der Waals surface area contributed by atoms with Gasteiger partial charge in [0.15, 0.2) is 0 Å². The molecule has 1 heteroatoms. The van der Waals surface area contributed by atoms with Crippen LogP contribution in [-0.2, 0) is 0 Å². The van der Waals surface area contributed by atoms with Gasteiger partial charge in [0.05, 0.1) is 0 Å². The highest BCUT2D eigenvalue weighted by molar-refractivity contribution is 9.09. The molecule has 0 amide bonds. The number of hydrogen-bond acceptors (Lipinski definition) is 0. The highest BCUT2D eigenvalue weighted by atomic mass is 79.9. The summed E-state index contributed by atoms with van der Waals surface area (Å²) in [5.74, 6) is 0.785. The van der Waals surface area contributed by atoms with Gasteiger partial charge in [0.1, 0.15) is 0 Å². The van der Waals surface area contributed by atoms with Crippen LogP contribution in [0.2, 0.25) is 0 Å². The smallest absolute Gasteiger partial charge is 0.00877 e. The fraction of sp³-hybridized carbons (Fsp3) is 1.00. The van der Waals surface area contributed by atoms with E-state index in [4.69, 9.17) is 0 Å². The fourth-order valence-corrected chi connectivity index (χ4v) is 2.57. The Balaban J connectivity index is 3.63. The van der Waals surface area contributed by atoms with Gasteiger partial charge in [-0.3, -0.25) is 0 Å². The van der Waals surface area contributed by atoms with Crippen LogP contribution in [0.3, 0.4) is 0 Å². The standard InChI is InChI=1S/C13H27Br/c1-5-6-7-8-9-10-13(4,11-14)12(2)3/h12H,5-11H2,1-4H3. The molecule has 14 heavy (non-hydrogen) atoms. The lowest BCUT2D eigenvalue weighted by Crippen LogP contribution is -2.25. The summed E-state index contributed by atoms with van der Waals surface area (Å²) in [5.41, 5.74) is 0.506. The minimum Gasteiger partial charge on any atom is -0.0922 e. The van der Waals surface area contributed by atoms with Gasteiger partial charge in [-0.1, -0.05) is 75.7 Å². The predicted octanol–water partition coefficient (Wildman–Crippen LogP) is 5.40. The van der Waals surface area contributed by atoms with E-state index in [1.807, 2.05) is 0 Å². The van der Waals surface area contributed by atoms with Gasteiger partial charge in [0, 0.05) is 5.33 Å². The molecule has 0 fully saturated rings. The minimum absolute atomic E-state index is 0.506. The molecule has 0 nitrogen and oxygen atoms in total. The largest absolute Gasteiger partial charge is 0.0922 e. The number of hydrogen-bond donors (Lipinski definition) is 0. The number of halogens is 1. The van der Waals surface area contributed by atoms with E-state index in [9.17, 15) is 0 Å². The molecule has 86 valence electrons. The SMILES string of the molecule is CCCCCCCC(C)(CBr)C(C)C. The van der Waals surface area contributed by atoms with E-state index in [-0.39, 0.29) is 0 Å². The molecule has 0 heterocycles. The van der Waals surface area contributed by atoms with Gasteiger partial charge in [-0.25, -0.2) is 0 Å². The second-order valence-electron chi connectivity index (χ2n) is 5.11. The van der Waals surface area contributed by atoms with Gasteiger partial charge in [0.25, 0.3) is 0 Å². The van der Waals surface area contributed by atoms with Crippen molar-refractivity contribution in [2.24, 2.45) is 11.3 Å². The van der Waals surface area contributed by atoms with E-state index in [1.54, 1.807) is 0 Å². The molecule has 0 radical (unpaired) electrons. The van der Waals surface area contributed by atoms with Gasteiger partial charge in [-0.2, -0.15) is 0 Å². The van der Waals surface area contributed by atoms with E-state index in [2.05, 4.69) is 43.6 Å². The Bertz CT molecular complexity index is 131. The maximum atomic E-state index is 3.66. The third-order valence-corrected chi connectivity index (χ3v) is 4.83. The van der Waals surface area contributed by atoms with Gasteiger partial charge < -0.3 is 0 Å². The van der Waals surface area contributed by atoms with E-state index < -0.39 is 0 Å². The van der Waals surface area contributed by atoms with Crippen molar-refractivity contribution < 1.29 is 0 Å². The molecule has 1 unspecified atom stereocenters. The molecule has 0 aliphatic rings. The lowest BCUT2D eigenvalue weighted by molar-refractivity contribution is 0.230. The molecule has 0 aromatic heterocycles. The molecule has 0 aliphatic carbocycles. The monoisotopic (exact) mass is 262 g/mol. The number of unbranched alkanes of at least 4 members (excludes halogenated alkanes) is 4. The Morgan fingerprint density at radius 2 is 1.64 bits per heavy atom. The zero-order valence-electron chi connectivity index (χ0n) is 10.4. The maximum Gasteiger partial charge on any atom is 0.00877 e. The Kier molecular flexibility index (Phi) is 8.00. The van der Waals surface area contributed by atoms with Crippen LogP contribution in [0, 0.1) is 11.3 Å². The van der Waals surface area contributed by atoms with Crippen molar-refractivity contribution in [2.75, 3.05) is 5.33 Å². The Labute approximate surface area is 99.0 Å². The average Bonchev–Trinajstić information content (AvgIpc) is 2.17. The Hall–Kier alpha value is 0.480. The van der Waals surface area contributed by atoms with Crippen molar-refractivity contribution in [1.82, 2.24) is 0 Å². The van der Waals surface area contributed by atoms with Crippen molar-refractivity contribution in [3.8, 4) is 0 Å². The summed E-state index contributed by atoms with van der Waals surface area (Å²) < 4.78 is 0. The van der Waals surface area contributed by atoms with Gasteiger partial charge in [-0.15, -0.1) is 0 Å². The molecular formula is C13H27Br. The van der Waals surface area contributed by atoms with Gasteiger partial charge in [0.2, 0.25) is 0 Å². The summed E-state index contributed by atoms with van der Waals surface area (Å²) in [7, 11) is 0. The fourth-order valence-electron chi connectivity index (χ4n) is 1.64. The lowest BCUT2D eigenvalue weighted by atomic mass is 9.77. The summed E-state index contributed by atoms with van der Waals surface area (Å²) in [5, 5.41) is 1.14. The molecule has 0 rings (SSSR count). The quantitative estimate of drug-likeness (QED) is 0.406. The molecular weight excluding hydrogens is 236 g/mol. The zero-order valence-corrected chi connectivity index (χ0v) is 12.0. The van der Waals surface area contributed by atoms with Crippen LogP contribution in [0.4, 0.5) is 0 Å². The third kappa shape index (κ3) is 5.38. The van der Waals surface area contributed by atoms with Crippen LogP contribution in [0.25, 0.3) is 0 Å². The summed E-state index contributed by atoms with van der Waals surface area (Å²) in [6.45, 7) is 9.36. The first-order valence-electron chi connectivity index (χ1n) is 6.12. The molecule has 0 aliphatic heterocycles. The van der Waals surface area contributed by atoms with Crippen molar-refractivity contribution in [3.05, 3.63) is 0 Å². The van der Waals surface area contributed by atoms with Gasteiger partial charge in [-0.05, 0) is 17.8 Å². The second kappa shape index (κ2) is 7.73. The predicted molar refractivity (Wildman–Crippen MR) is 70.1 cm³/mol. The van der Waals surface area contributed by atoms with Crippen LogP contribution < -0.4 is 0 Å². The first-order valence-corrected chi connectivity index (χ1v) is 7.25. The van der Waals surface area contributed by atoms with Crippen LogP contribution in [0.15, 0.2) is 0 Å². The topological polar surface area (TPSA) is 0 Å².